The van der Waals surface area contributed by atoms with Crippen molar-refractivity contribution >= 4 is 38.3 Å². The Balaban J connectivity index is 2.86. The molecular formula is C10H14INO2S. The summed E-state index contributed by atoms with van der Waals surface area (Å²) in [6.45, 7) is 3.80. The predicted molar refractivity (Wildman–Crippen MR) is 71.6 cm³/mol. The first-order valence-electron chi connectivity index (χ1n) is 4.71. The van der Waals surface area contributed by atoms with Crippen LogP contribution in [0.3, 0.4) is 0 Å². The molecule has 0 bridgehead atoms. The van der Waals surface area contributed by atoms with Crippen LogP contribution in [0.4, 0.5) is 5.69 Å². The minimum absolute atomic E-state index is 0.165. The van der Waals surface area contributed by atoms with Gasteiger partial charge in [0, 0.05) is 9.26 Å². The van der Waals surface area contributed by atoms with Crippen LogP contribution >= 0.6 is 22.6 Å². The molecule has 0 radical (unpaired) electrons. The van der Waals surface area contributed by atoms with Gasteiger partial charge in [-0.2, -0.15) is 0 Å². The van der Waals surface area contributed by atoms with Crippen molar-refractivity contribution in [2.45, 2.75) is 20.3 Å². The molecule has 0 aromatic heterocycles. The Labute approximate surface area is 104 Å². The zero-order valence-corrected chi connectivity index (χ0v) is 11.7. The molecule has 84 valence electrons. The summed E-state index contributed by atoms with van der Waals surface area (Å²) in [7, 11) is -3.17. The Hall–Kier alpha value is -0.300. The first-order chi connectivity index (χ1) is 6.94. The predicted octanol–water partition coefficient (Wildman–Crippen LogP) is 2.75. The van der Waals surface area contributed by atoms with E-state index in [0.29, 0.717) is 12.1 Å². The highest BCUT2D eigenvalue weighted by molar-refractivity contribution is 14.1. The molecule has 0 aliphatic rings. The van der Waals surface area contributed by atoms with Crippen molar-refractivity contribution in [3.8, 4) is 0 Å². The lowest BCUT2D eigenvalue weighted by Gasteiger charge is -2.08. The number of sulfonamides is 1. The highest BCUT2D eigenvalue weighted by Crippen LogP contribution is 2.17. The molecule has 1 aromatic rings. The molecule has 1 aromatic carbocycles. The second kappa shape index (κ2) is 5.16. The van der Waals surface area contributed by atoms with Crippen molar-refractivity contribution in [2.75, 3.05) is 10.5 Å². The Morgan fingerprint density at radius 1 is 1.40 bits per heavy atom. The zero-order chi connectivity index (χ0) is 11.5. The molecule has 0 saturated carbocycles. The summed E-state index contributed by atoms with van der Waals surface area (Å²) in [5.74, 6) is 0.165. The van der Waals surface area contributed by atoms with Crippen molar-refractivity contribution in [1.82, 2.24) is 0 Å². The van der Waals surface area contributed by atoms with Crippen molar-refractivity contribution in [3.63, 3.8) is 0 Å². The molecule has 1 N–H and O–H groups in total. The van der Waals surface area contributed by atoms with Gasteiger partial charge in [0.15, 0.2) is 0 Å². The van der Waals surface area contributed by atoms with Crippen LogP contribution in [0, 0.1) is 10.5 Å². The molecule has 1 rings (SSSR count). The van der Waals surface area contributed by atoms with Crippen molar-refractivity contribution in [1.29, 1.82) is 0 Å². The molecule has 0 aliphatic carbocycles. The number of benzene rings is 1. The first kappa shape index (κ1) is 12.8. The van der Waals surface area contributed by atoms with Crippen molar-refractivity contribution in [2.24, 2.45) is 0 Å². The van der Waals surface area contributed by atoms with Gasteiger partial charge in [-0.15, -0.1) is 0 Å². The number of rotatable bonds is 4. The molecule has 0 unspecified atom stereocenters. The Morgan fingerprint density at radius 3 is 2.60 bits per heavy atom. The third-order valence-electron chi connectivity index (χ3n) is 1.90. The topological polar surface area (TPSA) is 46.2 Å². The molecule has 0 fully saturated rings. The monoisotopic (exact) mass is 339 g/mol. The normalized spacial score (nSPS) is 11.4. The van der Waals surface area contributed by atoms with Crippen LogP contribution in [0.25, 0.3) is 0 Å². The van der Waals surface area contributed by atoms with E-state index in [1.54, 1.807) is 6.07 Å². The molecule has 0 aliphatic heterocycles. The molecule has 0 saturated heterocycles. The van der Waals surface area contributed by atoms with E-state index in [9.17, 15) is 8.42 Å². The molecule has 0 spiro atoms. The van der Waals surface area contributed by atoms with Gasteiger partial charge in [0.25, 0.3) is 0 Å². The smallest absolute Gasteiger partial charge is 0.232 e. The fourth-order valence-electron chi connectivity index (χ4n) is 1.21. The third kappa shape index (κ3) is 3.98. The number of hydrogen-bond acceptors (Lipinski definition) is 2. The average molecular weight is 339 g/mol. The summed E-state index contributed by atoms with van der Waals surface area (Å²) in [4.78, 5) is 0. The van der Waals surface area contributed by atoms with E-state index in [4.69, 9.17) is 0 Å². The van der Waals surface area contributed by atoms with Crippen molar-refractivity contribution < 1.29 is 8.42 Å². The van der Waals surface area contributed by atoms with Gasteiger partial charge in [-0.3, -0.25) is 4.72 Å². The fraction of sp³-hybridized carbons (Fsp3) is 0.400. The summed E-state index contributed by atoms with van der Waals surface area (Å²) >= 11 is 2.22. The van der Waals surface area contributed by atoms with E-state index in [1.807, 2.05) is 26.0 Å². The Kier molecular flexibility index (Phi) is 4.39. The number of aryl methyl sites for hydroxylation is 1. The lowest BCUT2D eigenvalue weighted by Crippen LogP contribution is -2.16. The quantitative estimate of drug-likeness (QED) is 0.858. The molecule has 5 heteroatoms. The van der Waals surface area contributed by atoms with E-state index in [1.165, 1.54) is 0 Å². The zero-order valence-electron chi connectivity index (χ0n) is 8.75. The highest BCUT2D eigenvalue weighted by Gasteiger charge is 2.08. The van der Waals surface area contributed by atoms with E-state index < -0.39 is 10.0 Å². The average Bonchev–Trinajstić information content (AvgIpc) is 2.10. The maximum Gasteiger partial charge on any atom is 0.232 e. The number of anilines is 1. The van der Waals surface area contributed by atoms with Gasteiger partial charge >= 0.3 is 0 Å². The SMILES string of the molecule is CCCS(=O)(=O)Nc1ccc(I)c(C)c1. The lowest BCUT2D eigenvalue weighted by molar-refractivity contribution is 0.600. The first-order valence-corrected chi connectivity index (χ1v) is 7.44. The van der Waals surface area contributed by atoms with Gasteiger partial charge in [-0.25, -0.2) is 8.42 Å². The number of nitrogens with one attached hydrogen (secondary N) is 1. The second-order valence-electron chi connectivity index (χ2n) is 3.38. The van der Waals surface area contributed by atoms with E-state index >= 15 is 0 Å². The number of hydrogen-bond donors (Lipinski definition) is 1. The summed E-state index contributed by atoms with van der Waals surface area (Å²) in [6, 6.07) is 5.52. The van der Waals surface area contributed by atoms with Crippen LogP contribution in [0.2, 0.25) is 0 Å². The van der Waals surface area contributed by atoms with Crippen LogP contribution in [-0.4, -0.2) is 14.2 Å². The van der Waals surface area contributed by atoms with E-state index in [2.05, 4.69) is 27.3 Å². The minimum Gasteiger partial charge on any atom is -0.284 e. The molecule has 0 atom stereocenters. The summed E-state index contributed by atoms with van der Waals surface area (Å²) in [5, 5.41) is 0. The highest BCUT2D eigenvalue weighted by atomic mass is 127. The third-order valence-corrected chi connectivity index (χ3v) is 4.61. The van der Waals surface area contributed by atoms with Gasteiger partial charge in [0.05, 0.1) is 5.75 Å². The van der Waals surface area contributed by atoms with Gasteiger partial charge in [0.2, 0.25) is 10.0 Å². The maximum absolute atomic E-state index is 11.5. The largest absolute Gasteiger partial charge is 0.284 e. The van der Waals surface area contributed by atoms with Gasteiger partial charge in [-0.05, 0) is 59.7 Å². The second-order valence-corrected chi connectivity index (χ2v) is 6.39. The molecule has 0 amide bonds. The summed E-state index contributed by atoms with van der Waals surface area (Å²) in [5.41, 5.74) is 1.72. The summed E-state index contributed by atoms with van der Waals surface area (Å²) in [6.07, 6.45) is 0.624. The van der Waals surface area contributed by atoms with Crippen LogP contribution in [-0.2, 0) is 10.0 Å². The lowest BCUT2D eigenvalue weighted by atomic mass is 10.2. The van der Waals surface area contributed by atoms with Crippen LogP contribution in [0.5, 0.6) is 0 Å². The maximum atomic E-state index is 11.5. The fourth-order valence-corrected chi connectivity index (χ4v) is 2.67. The van der Waals surface area contributed by atoms with Crippen LogP contribution < -0.4 is 4.72 Å². The number of halogens is 1. The standard InChI is InChI=1S/C10H14INO2S/c1-3-6-15(13,14)12-9-4-5-10(11)8(2)7-9/h4-5,7,12H,3,6H2,1-2H3. The molecule has 15 heavy (non-hydrogen) atoms. The Morgan fingerprint density at radius 2 is 2.07 bits per heavy atom. The summed E-state index contributed by atoms with van der Waals surface area (Å²) < 4.78 is 26.7. The molecule has 3 nitrogen and oxygen atoms in total. The Bertz CT molecular complexity index is 443. The minimum atomic E-state index is -3.17. The van der Waals surface area contributed by atoms with E-state index in [-0.39, 0.29) is 5.75 Å². The van der Waals surface area contributed by atoms with Crippen molar-refractivity contribution in [3.05, 3.63) is 27.3 Å². The van der Waals surface area contributed by atoms with Gasteiger partial charge in [-0.1, -0.05) is 6.92 Å². The van der Waals surface area contributed by atoms with E-state index in [0.717, 1.165) is 9.13 Å². The van der Waals surface area contributed by atoms with Crippen LogP contribution in [0.15, 0.2) is 18.2 Å². The molecule has 0 heterocycles. The molecular weight excluding hydrogens is 325 g/mol. The van der Waals surface area contributed by atoms with Gasteiger partial charge < -0.3 is 0 Å². The van der Waals surface area contributed by atoms with Crippen LogP contribution in [0.1, 0.15) is 18.9 Å². The van der Waals surface area contributed by atoms with Gasteiger partial charge in [0.1, 0.15) is 0 Å².